The molecule has 144 valence electrons. The van der Waals surface area contributed by atoms with Gasteiger partial charge in [0.2, 0.25) is 17.7 Å². The van der Waals surface area contributed by atoms with E-state index in [-0.39, 0.29) is 41.3 Å². The quantitative estimate of drug-likeness (QED) is 0.495. The van der Waals surface area contributed by atoms with Crippen LogP contribution in [0.15, 0.2) is 36.4 Å². The van der Waals surface area contributed by atoms with Gasteiger partial charge in [0, 0.05) is 11.3 Å². The normalized spacial score (nSPS) is 35.4. The molecule has 1 heterocycles. The van der Waals surface area contributed by atoms with E-state index in [1.54, 1.807) is 31.2 Å². The molecule has 0 aromatic heterocycles. The number of imide groups is 1. The Morgan fingerprint density at radius 2 is 1.68 bits per heavy atom. The summed E-state index contributed by atoms with van der Waals surface area (Å²) in [7, 11) is 0. The minimum Gasteiger partial charge on any atom is -0.324 e. The highest BCUT2D eigenvalue weighted by atomic mass is 16.2. The summed E-state index contributed by atoms with van der Waals surface area (Å²) in [5.74, 6) is -0.193. The molecule has 6 rings (SSSR count). The van der Waals surface area contributed by atoms with Gasteiger partial charge in [-0.2, -0.15) is 0 Å². The highest BCUT2D eigenvalue weighted by Crippen LogP contribution is 2.65. The molecule has 6 heteroatoms. The van der Waals surface area contributed by atoms with E-state index >= 15 is 0 Å². The van der Waals surface area contributed by atoms with Crippen molar-refractivity contribution in [3.05, 3.63) is 42.0 Å². The minimum atomic E-state index is -0.887. The van der Waals surface area contributed by atoms with Gasteiger partial charge >= 0.3 is 0 Å². The Balaban J connectivity index is 1.36. The van der Waals surface area contributed by atoms with Crippen LogP contribution in [0.5, 0.6) is 0 Å². The first-order chi connectivity index (χ1) is 13.4. The van der Waals surface area contributed by atoms with Crippen molar-refractivity contribution in [3.8, 4) is 0 Å². The van der Waals surface area contributed by atoms with Gasteiger partial charge in [0.15, 0.2) is 5.78 Å². The number of hydrogen-bond acceptors (Lipinski definition) is 4. The largest absolute Gasteiger partial charge is 0.324 e. The van der Waals surface area contributed by atoms with Crippen LogP contribution >= 0.6 is 0 Å². The van der Waals surface area contributed by atoms with Gasteiger partial charge in [-0.05, 0) is 56.1 Å². The zero-order valence-corrected chi connectivity index (χ0v) is 15.8. The predicted octanol–water partition coefficient (Wildman–Crippen LogP) is 2.27. The lowest BCUT2D eigenvalue weighted by molar-refractivity contribution is -0.146. The van der Waals surface area contributed by atoms with Crippen LogP contribution in [-0.4, -0.2) is 34.4 Å². The third-order valence-electron chi connectivity index (χ3n) is 7.00. The number of nitrogens with one attached hydrogen (secondary N) is 1. The summed E-state index contributed by atoms with van der Waals surface area (Å²) < 4.78 is 0. The van der Waals surface area contributed by atoms with Crippen molar-refractivity contribution in [1.82, 2.24) is 4.90 Å². The fourth-order valence-corrected chi connectivity index (χ4v) is 5.54. The first-order valence-electron chi connectivity index (χ1n) is 9.85. The van der Waals surface area contributed by atoms with Gasteiger partial charge in [0.25, 0.3) is 0 Å². The lowest BCUT2D eigenvalue weighted by Gasteiger charge is -2.37. The van der Waals surface area contributed by atoms with E-state index in [0.717, 1.165) is 6.42 Å². The first kappa shape index (κ1) is 17.3. The Kier molecular flexibility index (Phi) is 3.63. The van der Waals surface area contributed by atoms with Crippen LogP contribution in [0.4, 0.5) is 5.69 Å². The van der Waals surface area contributed by atoms with Crippen molar-refractivity contribution in [1.29, 1.82) is 0 Å². The zero-order valence-electron chi connectivity index (χ0n) is 15.8. The molecule has 2 bridgehead atoms. The second-order valence-corrected chi connectivity index (χ2v) is 8.50. The maximum Gasteiger partial charge on any atom is 0.247 e. The van der Waals surface area contributed by atoms with Gasteiger partial charge in [-0.1, -0.05) is 24.3 Å². The van der Waals surface area contributed by atoms with Gasteiger partial charge in [0.1, 0.15) is 6.04 Å². The zero-order chi connectivity index (χ0) is 19.7. The molecule has 6 nitrogen and oxygen atoms in total. The summed E-state index contributed by atoms with van der Waals surface area (Å²) >= 11 is 0. The fourth-order valence-electron chi connectivity index (χ4n) is 5.54. The van der Waals surface area contributed by atoms with E-state index in [1.807, 2.05) is 0 Å². The molecule has 3 fully saturated rings. The first-order valence-corrected chi connectivity index (χ1v) is 9.85. The number of likely N-dealkylation sites (tertiary alicyclic amines) is 1. The number of amides is 3. The average Bonchev–Trinajstić information content (AvgIpc) is 3.45. The van der Waals surface area contributed by atoms with E-state index < -0.39 is 11.9 Å². The highest BCUT2D eigenvalue weighted by Gasteiger charge is 2.67. The van der Waals surface area contributed by atoms with Crippen molar-refractivity contribution in [3.63, 3.8) is 0 Å². The summed E-state index contributed by atoms with van der Waals surface area (Å²) in [5.41, 5.74) is 0.968. The summed E-state index contributed by atoms with van der Waals surface area (Å²) in [6, 6.07) is 5.75. The highest BCUT2D eigenvalue weighted by molar-refractivity contribution is 6.10. The maximum absolute atomic E-state index is 13.1. The second kappa shape index (κ2) is 5.87. The van der Waals surface area contributed by atoms with Crippen molar-refractivity contribution in [2.45, 2.75) is 26.3 Å². The molecule has 1 aliphatic heterocycles. The Hall–Kier alpha value is -2.76. The summed E-state index contributed by atoms with van der Waals surface area (Å²) in [6.07, 6.45) is 5.35. The average molecular weight is 378 g/mol. The lowest BCUT2D eigenvalue weighted by Crippen LogP contribution is -2.46. The number of ketones is 1. The van der Waals surface area contributed by atoms with Gasteiger partial charge in [-0.3, -0.25) is 24.1 Å². The van der Waals surface area contributed by atoms with E-state index in [1.165, 1.54) is 11.8 Å². The van der Waals surface area contributed by atoms with E-state index in [0.29, 0.717) is 23.1 Å². The van der Waals surface area contributed by atoms with Crippen LogP contribution in [-0.2, 0) is 14.4 Å². The third-order valence-corrected chi connectivity index (χ3v) is 7.00. The molecular formula is C22H22N2O4. The number of carbonyl (C=O) groups is 4. The molecule has 7 atom stereocenters. The van der Waals surface area contributed by atoms with Crippen LogP contribution in [0.2, 0.25) is 0 Å². The Bertz CT molecular complexity index is 916. The fraction of sp³-hybridized carbons (Fsp3) is 0.455. The summed E-state index contributed by atoms with van der Waals surface area (Å²) in [6.45, 7) is 3.05. The van der Waals surface area contributed by atoms with Crippen LogP contribution in [0, 0.1) is 35.5 Å². The number of benzene rings is 1. The monoisotopic (exact) mass is 378 g/mol. The Labute approximate surface area is 163 Å². The Morgan fingerprint density at radius 3 is 2.25 bits per heavy atom. The van der Waals surface area contributed by atoms with Crippen molar-refractivity contribution < 1.29 is 19.2 Å². The number of allylic oxidation sites excluding steroid dienone is 2. The summed E-state index contributed by atoms with van der Waals surface area (Å²) in [5, 5.41) is 2.74. The van der Waals surface area contributed by atoms with Crippen LogP contribution in [0.25, 0.3) is 0 Å². The smallest absolute Gasteiger partial charge is 0.247 e. The molecule has 5 aliphatic rings. The second-order valence-electron chi connectivity index (χ2n) is 8.50. The number of hydrogen-bond donors (Lipinski definition) is 1. The molecule has 1 N–H and O–H groups in total. The van der Waals surface area contributed by atoms with E-state index in [9.17, 15) is 19.2 Å². The van der Waals surface area contributed by atoms with Crippen LogP contribution in [0.3, 0.4) is 0 Å². The predicted molar refractivity (Wildman–Crippen MR) is 101 cm³/mol. The standard InChI is InChI=1S/C22H22N2O4/c1-10(20(26)23-13-5-3-4-12(8-13)11(2)25)24-21(27)18-14-6-7-15(17-9-16(14)17)19(18)22(24)28/h3-8,10,14-19H,9H2,1-2H3,(H,23,26)/t10-,14-,15-,16-,17-,18-,19+/m0/s1. The van der Waals surface area contributed by atoms with Gasteiger partial charge in [-0.25, -0.2) is 0 Å². The van der Waals surface area contributed by atoms with Gasteiger partial charge in [-0.15, -0.1) is 0 Å². The Morgan fingerprint density at radius 1 is 1.07 bits per heavy atom. The molecule has 0 radical (unpaired) electrons. The van der Waals surface area contributed by atoms with Crippen molar-refractivity contribution in [2.24, 2.45) is 35.5 Å². The lowest BCUT2D eigenvalue weighted by atomic mass is 9.63. The van der Waals surface area contributed by atoms with Gasteiger partial charge < -0.3 is 5.32 Å². The molecule has 1 aromatic rings. The molecule has 0 unspecified atom stereocenters. The molecule has 3 amide bonds. The SMILES string of the molecule is CC(=O)c1cccc(NC(=O)[C@H](C)N2C(=O)[C@@H]3[C@H]4C=C[C@@H]([C@@H]5C[C@@H]45)[C@@H]3C2=O)c1. The van der Waals surface area contributed by atoms with Crippen LogP contribution < -0.4 is 5.32 Å². The third kappa shape index (κ3) is 2.33. The number of nitrogens with zero attached hydrogens (tertiary/aromatic N) is 1. The molecule has 1 saturated heterocycles. The number of rotatable bonds is 4. The molecule has 4 aliphatic carbocycles. The molecule has 2 saturated carbocycles. The van der Waals surface area contributed by atoms with Gasteiger partial charge in [0.05, 0.1) is 11.8 Å². The molecular weight excluding hydrogens is 356 g/mol. The number of Topliss-reactive ketones (excluding diaryl/α,β-unsaturated/α-hetero) is 1. The van der Waals surface area contributed by atoms with Crippen molar-refractivity contribution >= 4 is 29.2 Å². The van der Waals surface area contributed by atoms with Crippen LogP contribution in [0.1, 0.15) is 30.6 Å². The number of anilines is 1. The minimum absolute atomic E-state index is 0.0975. The van der Waals surface area contributed by atoms with E-state index in [4.69, 9.17) is 0 Å². The molecule has 28 heavy (non-hydrogen) atoms. The van der Waals surface area contributed by atoms with E-state index in [2.05, 4.69) is 17.5 Å². The maximum atomic E-state index is 13.1. The molecule has 1 aromatic carbocycles. The molecule has 0 spiro atoms. The number of carbonyl (C=O) groups excluding carboxylic acids is 4. The summed E-state index contributed by atoms with van der Waals surface area (Å²) in [4.78, 5) is 51.7. The topological polar surface area (TPSA) is 83.6 Å². The van der Waals surface area contributed by atoms with Crippen molar-refractivity contribution in [2.75, 3.05) is 5.32 Å².